The van der Waals surface area contributed by atoms with Crippen molar-refractivity contribution in [2.75, 3.05) is 33.4 Å². The van der Waals surface area contributed by atoms with Crippen LogP contribution in [0.25, 0.3) is 0 Å². The Morgan fingerprint density at radius 3 is 3.22 bits per heavy atom. The lowest BCUT2D eigenvalue weighted by Crippen LogP contribution is -2.30. The molecular weight excluding hydrogens is 246 g/mol. The third-order valence-electron chi connectivity index (χ3n) is 3.21. The summed E-state index contributed by atoms with van der Waals surface area (Å²) < 4.78 is 5.52. The van der Waals surface area contributed by atoms with Gasteiger partial charge in [-0.25, -0.2) is 4.98 Å². The first-order chi connectivity index (χ1) is 8.78. The zero-order chi connectivity index (χ0) is 12.8. The molecule has 1 aromatic rings. The lowest BCUT2D eigenvalue weighted by molar-refractivity contribution is 0.0410. The molecule has 2 N–H and O–H groups in total. The van der Waals surface area contributed by atoms with Crippen molar-refractivity contribution in [1.82, 2.24) is 9.88 Å². The number of hydrogen-bond donors (Lipinski definition) is 1. The van der Waals surface area contributed by atoms with Gasteiger partial charge in [0.05, 0.1) is 17.3 Å². The Kier molecular flexibility index (Phi) is 5.56. The summed E-state index contributed by atoms with van der Waals surface area (Å²) in [5, 5.41) is 3.31. The molecule has 1 saturated heterocycles. The maximum absolute atomic E-state index is 5.54. The monoisotopic (exact) mass is 269 g/mol. The van der Waals surface area contributed by atoms with Gasteiger partial charge in [-0.05, 0) is 32.4 Å². The highest BCUT2D eigenvalue weighted by Crippen LogP contribution is 2.16. The topological polar surface area (TPSA) is 51.4 Å². The Balaban J connectivity index is 1.76. The van der Waals surface area contributed by atoms with Crippen molar-refractivity contribution in [2.45, 2.75) is 25.8 Å². The van der Waals surface area contributed by atoms with Crippen LogP contribution in [0.2, 0.25) is 0 Å². The number of ether oxygens (including phenoxy) is 1. The fourth-order valence-electron chi connectivity index (χ4n) is 2.39. The second-order valence-corrected chi connectivity index (χ2v) is 5.99. The van der Waals surface area contributed by atoms with Gasteiger partial charge in [-0.3, -0.25) is 0 Å². The van der Waals surface area contributed by atoms with E-state index in [-0.39, 0.29) is 0 Å². The van der Waals surface area contributed by atoms with Crippen LogP contribution in [0.1, 0.15) is 23.5 Å². The van der Waals surface area contributed by atoms with Crippen LogP contribution in [0.4, 0.5) is 0 Å². The molecule has 2 heterocycles. The van der Waals surface area contributed by atoms with Crippen LogP contribution >= 0.6 is 11.3 Å². The Hall–Kier alpha value is -0.490. The van der Waals surface area contributed by atoms with Gasteiger partial charge < -0.3 is 15.4 Å². The number of rotatable bonds is 6. The molecule has 1 aliphatic heterocycles. The summed E-state index contributed by atoms with van der Waals surface area (Å²) in [6.45, 7) is 4.57. The minimum absolute atomic E-state index is 0.683. The lowest BCUT2D eigenvalue weighted by atomic mass is 10.0. The van der Waals surface area contributed by atoms with Crippen molar-refractivity contribution < 1.29 is 4.74 Å². The molecule has 0 aliphatic carbocycles. The van der Waals surface area contributed by atoms with Crippen LogP contribution in [-0.2, 0) is 17.7 Å². The van der Waals surface area contributed by atoms with E-state index >= 15 is 0 Å². The van der Waals surface area contributed by atoms with Gasteiger partial charge in [0.25, 0.3) is 0 Å². The van der Waals surface area contributed by atoms with Crippen molar-refractivity contribution in [1.29, 1.82) is 0 Å². The summed E-state index contributed by atoms with van der Waals surface area (Å²) in [7, 11) is 2.16. The van der Waals surface area contributed by atoms with Crippen LogP contribution in [0, 0.1) is 5.92 Å². The average Bonchev–Trinajstić information content (AvgIpc) is 2.78. The third-order valence-corrected chi connectivity index (χ3v) is 4.17. The quantitative estimate of drug-likeness (QED) is 0.850. The molecule has 102 valence electrons. The van der Waals surface area contributed by atoms with E-state index in [1.54, 1.807) is 11.3 Å². The van der Waals surface area contributed by atoms with Gasteiger partial charge in [0, 0.05) is 31.5 Å². The second-order valence-electron chi connectivity index (χ2n) is 5.05. The first-order valence-electron chi connectivity index (χ1n) is 6.67. The summed E-state index contributed by atoms with van der Waals surface area (Å²) in [5.74, 6) is 0.686. The van der Waals surface area contributed by atoms with Gasteiger partial charge in [-0.2, -0.15) is 0 Å². The zero-order valence-corrected chi connectivity index (χ0v) is 11.9. The highest BCUT2D eigenvalue weighted by atomic mass is 32.1. The molecule has 1 aliphatic rings. The minimum atomic E-state index is 0.683. The largest absolute Gasteiger partial charge is 0.381 e. The maximum atomic E-state index is 5.54. The molecule has 0 spiro atoms. The molecule has 1 atom stereocenters. The third kappa shape index (κ3) is 4.31. The molecular formula is C13H23N3OS. The van der Waals surface area contributed by atoms with Gasteiger partial charge in [0.2, 0.25) is 0 Å². The second kappa shape index (κ2) is 7.19. The van der Waals surface area contributed by atoms with Crippen LogP contribution < -0.4 is 5.73 Å². The van der Waals surface area contributed by atoms with Crippen molar-refractivity contribution in [3.63, 3.8) is 0 Å². The predicted molar refractivity (Wildman–Crippen MR) is 74.7 cm³/mol. The predicted octanol–water partition coefficient (Wildman–Crippen LogP) is 1.50. The molecule has 0 bridgehead atoms. The van der Waals surface area contributed by atoms with E-state index in [0.717, 1.165) is 37.7 Å². The smallest absolute Gasteiger partial charge is 0.0941 e. The molecule has 1 fully saturated rings. The fraction of sp³-hybridized carbons (Fsp3) is 0.769. The van der Waals surface area contributed by atoms with Crippen LogP contribution in [0.5, 0.6) is 0 Å². The number of hydrogen-bond acceptors (Lipinski definition) is 5. The van der Waals surface area contributed by atoms with Gasteiger partial charge in [-0.1, -0.05) is 0 Å². The standard InChI is InChI=1S/C13H23N3OS/c1-16(7-11-3-2-6-17-9-11)8-12-10-18-13(15-12)4-5-14/h10-11H,2-9,14H2,1H3. The minimum Gasteiger partial charge on any atom is -0.381 e. The van der Waals surface area contributed by atoms with E-state index in [1.807, 2.05) is 0 Å². The average molecular weight is 269 g/mol. The molecule has 0 aromatic carbocycles. The zero-order valence-electron chi connectivity index (χ0n) is 11.1. The Bertz CT molecular complexity index is 350. The summed E-state index contributed by atoms with van der Waals surface area (Å²) in [4.78, 5) is 6.95. The van der Waals surface area contributed by atoms with Gasteiger partial charge >= 0.3 is 0 Å². The fourth-order valence-corrected chi connectivity index (χ4v) is 3.20. The molecule has 1 unspecified atom stereocenters. The van der Waals surface area contributed by atoms with Gasteiger partial charge in [0.1, 0.15) is 0 Å². The van der Waals surface area contributed by atoms with Crippen molar-refractivity contribution in [3.05, 3.63) is 16.1 Å². The highest BCUT2D eigenvalue weighted by molar-refractivity contribution is 7.09. The van der Waals surface area contributed by atoms with Crippen LogP contribution in [0.3, 0.4) is 0 Å². The van der Waals surface area contributed by atoms with Crippen molar-refractivity contribution >= 4 is 11.3 Å². The molecule has 4 nitrogen and oxygen atoms in total. The molecule has 0 radical (unpaired) electrons. The molecule has 2 rings (SSSR count). The summed E-state index contributed by atoms with van der Waals surface area (Å²) >= 11 is 1.72. The Morgan fingerprint density at radius 1 is 1.61 bits per heavy atom. The van der Waals surface area contributed by atoms with Crippen LogP contribution in [0.15, 0.2) is 5.38 Å². The van der Waals surface area contributed by atoms with Crippen molar-refractivity contribution in [2.24, 2.45) is 11.7 Å². The molecule has 5 heteroatoms. The van der Waals surface area contributed by atoms with Gasteiger partial charge in [-0.15, -0.1) is 11.3 Å². The molecule has 18 heavy (non-hydrogen) atoms. The first-order valence-corrected chi connectivity index (χ1v) is 7.55. The van der Waals surface area contributed by atoms with E-state index in [0.29, 0.717) is 12.5 Å². The summed E-state index contributed by atoms with van der Waals surface area (Å²) in [6.07, 6.45) is 3.39. The summed E-state index contributed by atoms with van der Waals surface area (Å²) in [6, 6.07) is 0. The lowest BCUT2D eigenvalue weighted by Gasteiger charge is -2.26. The maximum Gasteiger partial charge on any atom is 0.0941 e. The Labute approximate surface area is 113 Å². The molecule has 0 saturated carbocycles. The van der Waals surface area contributed by atoms with E-state index < -0.39 is 0 Å². The number of aromatic nitrogens is 1. The first kappa shape index (κ1) is 13.9. The number of thiazole rings is 1. The number of nitrogens with two attached hydrogens (primary N) is 1. The number of nitrogens with zero attached hydrogens (tertiary/aromatic N) is 2. The van der Waals surface area contributed by atoms with E-state index in [1.165, 1.54) is 18.5 Å². The highest BCUT2D eigenvalue weighted by Gasteiger charge is 2.16. The Morgan fingerprint density at radius 2 is 2.50 bits per heavy atom. The summed E-state index contributed by atoms with van der Waals surface area (Å²) in [5.41, 5.74) is 6.71. The van der Waals surface area contributed by atoms with E-state index in [9.17, 15) is 0 Å². The van der Waals surface area contributed by atoms with E-state index in [4.69, 9.17) is 10.5 Å². The van der Waals surface area contributed by atoms with E-state index in [2.05, 4.69) is 22.3 Å². The van der Waals surface area contributed by atoms with Gasteiger partial charge in [0.15, 0.2) is 0 Å². The molecule has 1 aromatic heterocycles. The van der Waals surface area contributed by atoms with Crippen molar-refractivity contribution in [3.8, 4) is 0 Å². The molecule has 0 amide bonds. The SMILES string of the molecule is CN(Cc1csc(CCN)n1)CC1CCCOC1. The normalized spacial score (nSPS) is 20.5. The van der Waals surface area contributed by atoms with Crippen LogP contribution in [-0.4, -0.2) is 43.2 Å².